The fourth-order valence-electron chi connectivity index (χ4n) is 4.17. The molecule has 9 heteroatoms. The van der Waals surface area contributed by atoms with E-state index >= 15 is 0 Å². The molecule has 1 aromatic carbocycles. The van der Waals surface area contributed by atoms with Gasteiger partial charge in [-0.15, -0.1) is 0 Å². The lowest BCUT2D eigenvalue weighted by molar-refractivity contribution is -0.145. The summed E-state index contributed by atoms with van der Waals surface area (Å²) in [5.41, 5.74) is 3.27. The summed E-state index contributed by atoms with van der Waals surface area (Å²) in [4.78, 5) is 21.0. The molecule has 2 aromatic heterocycles. The van der Waals surface area contributed by atoms with E-state index in [1.165, 1.54) is 11.1 Å². The predicted molar refractivity (Wildman–Crippen MR) is 157 cm³/mol. The van der Waals surface area contributed by atoms with Crippen molar-refractivity contribution in [1.82, 2.24) is 14.7 Å². The van der Waals surface area contributed by atoms with Gasteiger partial charge in [-0.25, -0.2) is 13.1 Å². The minimum absolute atomic E-state index is 0.0207. The van der Waals surface area contributed by atoms with Crippen LogP contribution in [0.4, 0.5) is 0 Å². The number of rotatable bonds is 19. The predicted octanol–water partition coefficient (Wildman–Crippen LogP) is 5.08. The molecule has 1 atom stereocenters. The standard InChI is InChI=1S/C31H41N3O5S/c1-2-3-24-40(36,37)34-30(31(35)39-23-7-5-9-27-16-20-33-21-17-27)25-28-10-12-29(13-11-28)38-22-6-4-8-26-14-18-32-19-15-26/h10-21,30,34H,2-9,22-25H2,1H3/t30-/m0/s1. The van der Waals surface area contributed by atoms with Crippen molar-refractivity contribution in [2.45, 2.75) is 70.8 Å². The first-order chi connectivity index (χ1) is 19.4. The van der Waals surface area contributed by atoms with Gasteiger partial charge in [0.05, 0.1) is 19.0 Å². The first-order valence-corrected chi connectivity index (χ1v) is 15.8. The quantitative estimate of drug-likeness (QED) is 0.159. The third-order valence-electron chi connectivity index (χ3n) is 6.47. The van der Waals surface area contributed by atoms with Gasteiger partial charge in [0.1, 0.15) is 11.8 Å². The topological polar surface area (TPSA) is 107 Å². The van der Waals surface area contributed by atoms with Crippen LogP contribution in [-0.2, 0) is 38.8 Å². The van der Waals surface area contributed by atoms with E-state index in [9.17, 15) is 13.2 Å². The fourth-order valence-corrected chi connectivity index (χ4v) is 5.56. The van der Waals surface area contributed by atoms with Gasteiger partial charge in [0.2, 0.25) is 10.0 Å². The van der Waals surface area contributed by atoms with Gasteiger partial charge in [-0.3, -0.25) is 14.8 Å². The number of benzene rings is 1. The summed E-state index contributed by atoms with van der Waals surface area (Å²) in [5.74, 6) is 0.163. The molecule has 0 unspecified atom stereocenters. The van der Waals surface area contributed by atoms with Crippen molar-refractivity contribution < 1.29 is 22.7 Å². The van der Waals surface area contributed by atoms with Gasteiger partial charge < -0.3 is 9.47 Å². The summed E-state index contributed by atoms with van der Waals surface area (Å²) in [7, 11) is -3.61. The van der Waals surface area contributed by atoms with Crippen LogP contribution in [0.15, 0.2) is 73.3 Å². The molecule has 0 saturated carbocycles. The molecule has 0 aliphatic rings. The smallest absolute Gasteiger partial charge is 0.324 e. The first kappa shape index (κ1) is 31.2. The molecule has 8 nitrogen and oxygen atoms in total. The van der Waals surface area contributed by atoms with Gasteiger partial charge >= 0.3 is 5.97 Å². The Morgan fingerprint density at radius 1 is 0.775 bits per heavy atom. The van der Waals surface area contributed by atoms with Gasteiger partial charge in [-0.2, -0.15) is 0 Å². The van der Waals surface area contributed by atoms with Gasteiger partial charge in [-0.1, -0.05) is 25.5 Å². The van der Waals surface area contributed by atoms with E-state index in [1.54, 1.807) is 24.8 Å². The van der Waals surface area contributed by atoms with Crippen LogP contribution < -0.4 is 9.46 Å². The number of esters is 1. The minimum Gasteiger partial charge on any atom is -0.494 e. The Morgan fingerprint density at radius 2 is 1.35 bits per heavy atom. The molecule has 0 aliphatic carbocycles. The Morgan fingerprint density at radius 3 is 1.93 bits per heavy atom. The third kappa shape index (κ3) is 12.3. The maximum atomic E-state index is 12.9. The molecule has 0 saturated heterocycles. The van der Waals surface area contributed by atoms with Crippen LogP contribution in [0, 0.1) is 0 Å². The number of unbranched alkanes of at least 4 members (excludes halogenated alkanes) is 3. The van der Waals surface area contributed by atoms with Crippen LogP contribution in [-0.4, -0.2) is 49.4 Å². The fraction of sp³-hybridized carbons (Fsp3) is 0.452. The summed E-state index contributed by atoms with van der Waals surface area (Å²) in [6.07, 6.45) is 14.0. The lowest BCUT2D eigenvalue weighted by Crippen LogP contribution is -2.44. The zero-order valence-corrected chi connectivity index (χ0v) is 24.2. The van der Waals surface area contributed by atoms with Gasteiger partial charge in [0.25, 0.3) is 0 Å². The highest BCUT2D eigenvalue weighted by molar-refractivity contribution is 7.89. The highest BCUT2D eigenvalue weighted by Crippen LogP contribution is 2.16. The minimum atomic E-state index is -3.61. The molecule has 0 amide bonds. The Labute approximate surface area is 238 Å². The Hall–Kier alpha value is -3.30. The Bertz CT molecular complexity index is 1220. The van der Waals surface area contributed by atoms with E-state index < -0.39 is 22.0 Å². The molecule has 0 aliphatic heterocycles. The molecule has 2 heterocycles. The van der Waals surface area contributed by atoms with Crippen molar-refractivity contribution in [1.29, 1.82) is 0 Å². The zero-order valence-electron chi connectivity index (χ0n) is 23.3. The molecule has 1 N–H and O–H groups in total. The summed E-state index contributed by atoms with van der Waals surface area (Å²) < 4.78 is 39.1. The number of pyridine rings is 2. The molecular formula is C31H41N3O5S. The highest BCUT2D eigenvalue weighted by atomic mass is 32.2. The zero-order chi connectivity index (χ0) is 28.5. The third-order valence-corrected chi connectivity index (χ3v) is 7.94. The molecule has 3 rings (SSSR count). The van der Waals surface area contributed by atoms with Crippen molar-refractivity contribution in [2.24, 2.45) is 0 Å². The molecule has 0 radical (unpaired) electrons. The van der Waals surface area contributed by atoms with E-state index in [0.717, 1.165) is 49.8 Å². The summed E-state index contributed by atoms with van der Waals surface area (Å²) in [6, 6.07) is 14.4. The number of ether oxygens (including phenoxy) is 2. The number of nitrogens with one attached hydrogen (secondary N) is 1. The van der Waals surface area contributed by atoms with Crippen molar-refractivity contribution >= 4 is 16.0 Å². The van der Waals surface area contributed by atoms with Gasteiger partial charge in [-0.05, 0) is 104 Å². The number of carbonyl (C=O) groups excluding carboxylic acids is 1. The van der Waals surface area contributed by atoms with Crippen LogP contribution in [0.2, 0.25) is 0 Å². The second-order valence-electron chi connectivity index (χ2n) is 9.83. The Balaban J connectivity index is 1.47. The van der Waals surface area contributed by atoms with E-state index in [0.29, 0.717) is 19.4 Å². The lowest BCUT2D eigenvalue weighted by Gasteiger charge is -2.18. The molecule has 40 heavy (non-hydrogen) atoms. The maximum Gasteiger partial charge on any atom is 0.324 e. The summed E-state index contributed by atoms with van der Waals surface area (Å²) in [5, 5.41) is 0. The van der Waals surface area contributed by atoms with Crippen molar-refractivity contribution in [3.63, 3.8) is 0 Å². The van der Waals surface area contributed by atoms with E-state index in [4.69, 9.17) is 9.47 Å². The number of sulfonamides is 1. The average molecular weight is 568 g/mol. The van der Waals surface area contributed by atoms with Gasteiger partial charge in [0, 0.05) is 24.8 Å². The monoisotopic (exact) mass is 567 g/mol. The van der Waals surface area contributed by atoms with E-state index in [1.807, 2.05) is 55.5 Å². The molecule has 0 bridgehead atoms. The van der Waals surface area contributed by atoms with E-state index in [-0.39, 0.29) is 18.8 Å². The molecule has 3 aromatic rings. The van der Waals surface area contributed by atoms with Crippen LogP contribution >= 0.6 is 0 Å². The molecular weight excluding hydrogens is 526 g/mol. The number of hydrogen-bond acceptors (Lipinski definition) is 7. The van der Waals surface area contributed by atoms with E-state index in [2.05, 4.69) is 14.7 Å². The summed E-state index contributed by atoms with van der Waals surface area (Å²) in [6.45, 7) is 2.78. The highest BCUT2D eigenvalue weighted by Gasteiger charge is 2.26. The normalized spacial score (nSPS) is 12.1. The Kier molecular flexibility index (Phi) is 13.6. The first-order valence-electron chi connectivity index (χ1n) is 14.1. The maximum absolute atomic E-state index is 12.9. The van der Waals surface area contributed by atoms with Crippen molar-refractivity contribution in [3.8, 4) is 5.75 Å². The van der Waals surface area contributed by atoms with Crippen LogP contribution in [0.1, 0.15) is 62.1 Å². The van der Waals surface area contributed by atoms with Crippen LogP contribution in [0.3, 0.4) is 0 Å². The number of aryl methyl sites for hydroxylation is 2. The van der Waals surface area contributed by atoms with Crippen molar-refractivity contribution in [2.75, 3.05) is 19.0 Å². The second-order valence-corrected chi connectivity index (χ2v) is 11.7. The van der Waals surface area contributed by atoms with Crippen LogP contribution in [0.25, 0.3) is 0 Å². The number of aromatic nitrogens is 2. The average Bonchev–Trinajstić information content (AvgIpc) is 2.97. The molecule has 0 spiro atoms. The molecule has 0 fully saturated rings. The second kappa shape index (κ2) is 17.4. The SMILES string of the molecule is CCCCS(=O)(=O)N[C@@H](Cc1ccc(OCCCCc2ccncc2)cc1)C(=O)OCCCCc1ccncc1. The molecule has 216 valence electrons. The number of nitrogens with zero attached hydrogens (tertiary/aromatic N) is 2. The lowest BCUT2D eigenvalue weighted by atomic mass is 10.1. The summed E-state index contributed by atoms with van der Waals surface area (Å²) >= 11 is 0. The van der Waals surface area contributed by atoms with Crippen LogP contribution in [0.5, 0.6) is 5.75 Å². The number of hydrogen-bond donors (Lipinski definition) is 1. The number of carbonyl (C=O) groups is 1. The largest absolute Gasteiger partial charge is 0.494 e. The van der Waals surface area contributed by atoms with Crippen molar-refractivity contribution in [3.05, 3.63) is 90.0 Å². The van der Waals surface area contributed by atoms with Gasteiger partial charge in [0.15, 0.2) is 0 Å².